The molecule has 4 nitrogen and oxygen atoms in total. The zero-order valence-corrected chi connectivity index (χ0v) is 12.7. The van der Waals surface area contributed by atoms with E-state index in [9.17, 15) is 4.79 Å². The Kier molecular flexibility index (Phi) is 3.97. The van der Waals surface area contributed by atoms with Gasteiger partial charge in [-0.3, -0.25) is 0 Å². The van der Waals surface area contributed by atoms with Crippen molar-refractivity contribution >= 4 is 16.9 Å². The van der Waals surface area contributed by atoms with E-state index in [0.717, 1.165) is 18.6 Å². The van der Waals surface area contributed by atoms with E-state index in [-0.39, 0.29) is 5.97 Å². The smallest absolute Gasteiger partial charge is 0.337 e. The summed E-state index contributed by atoms with van der Waals surface area (Å²) in [6, 6.07) is 8.40. The first-order valence-corrected chi connectivity index (χ1v) is 7.64. The molecule has 1 aromatic carbocycles. The Bertz CT molecular complexity index is 647. The molecule has 0 amide bonds. The van der Waals surface area contributed by atoms with Crippen LogP contribution in [0.15, 0.2) is 30.5 Å². The molecule has 0 spiro atoms. The number of fused-ring (bicyclic) bond motifs is 1. The molecular formula is C17H22N2O2. The van der Waals surface area contributed by atoms with Crippen LogP contribution < -0.4 is 0 Å². The summed E-state index contributed by atoms with van der Waals surface area (Å²) in [7, 11) is 1.42. The quantitative estimate of drug-likeness (QED) is 0.813. The Morgan fingerprint density at radius 2 is 2.24 bits per heavy atom. The van der Waals surface area contributed by atoms with E-state index < -0.39 is 0 Å². The first-order valence-electron chi connectivity index (χ1n) is 7.64. The molecule has 3 rings (SSSR count). The Morgan fingerprint density at radius 3 is 3.00 bits per heavy atom. The Morgan fingerprint density at radius 1 is 1.38 bits per heavy atom. The molecule has 2 heterocycles. The van der Waals surface area contributed by atoms with Crippen LogP contribution >= 0.6 is 0 Å². The zero-order chi connectivity index (χ0) is 14.8. The molecule has 1 aliphatic heterocycles. The Balaban J connectivity index is 1.96. The zero-order valence-electron chi connectivity index (χ0n) is 12.7. The molecular weight excluding hydrogens is 264 g/mol. The lowest BCUT2D eigenvalue weighted by atomic mass is 10.1. The fraction of sp³-hybridized carbons (Fsp3) is 0.471. The highest BCUT2D eigenvalue weighted by molar-refractivity contribution is 5.94. The summed E-state index contributed by atoms with van der Waals surface area (Å²) in [6.07, 6.45) is 4.58. The summed E-state index contributed by atoms with van der Waals surface area (Å²) in [5.74, 6) is -0.275. The maximum absolute atomic E-state index is 11.7. The van der Waals surface area contributed by atoms with Gasteiger partial charge in [0, 0.05) is 24.3 Å². The van der Waals surface area contributed by atoms with Crippen molar-refractivity contribution in [3.8, 4) is 0 Å². The summed E-state index contributed by atoms with van der Waals surface area (Å²) in [5.41, 5.74) is 1.74. The highest BCUT2D eigenvalue weighted by atomic mass is 16.5. The number of nitrogens with zero attached hydrogens (tertiary/aromatic N) is 2. The van der Waals surface area contributed by atoms with Gasteiger partial charge in [0.05, 0.1) is 12.7 Å². The molecule has 0 bridgehead atoms. The van der Waals surface area contributed by atoms with Crippen molar-refractivity contribution in [1.82, 2.24) is 9.47 Å². The number of benzene rings is 1. The molecule has 112 valence electrons. The minimum absolute atomic E-state index is 0.275. The number of hydrogen-bond acceptors (Lipinski definition) is 3. The number of rotatable bonds is 3. The number of likely N-dealkylation sites (N-methyl/N-ethyl adjacent to an activating group) is 1. The van der Waals surface area contributed by atoms with Crippen LogP contribution in [0, 0.1) is 0 Å². The molecule has 1 fully saturated rings. The van der Waals surface area contributed by atoms with Crippen LogP contribution in [0.3, 0.4) is 0 Å². The van der Waals surface area contributed by atoms with Gasteiger partial charge >= 0.3 is 5.97 Å². The summed E-state index contributed by atoms with van der Waals surface area (Å²) in [5, 5.41) is 1.18. The van der Waals surface area contributed by atoms with Crippen LogP contribution in [0.1, 0.15) is 36.2 Å². The fourth-order valence-corrected chi connectivity index (χ4v) is 3.26. The Labute approximate surface area is 125 Å². The molecule has 1 saturated heterocycles. The lowest BCUT2D eigenvalue weighted by Crippen LogP contribution is -2.36. The second-order valence-electron chi connectivity index (χ2n) is 5.68. The fourth-order valence-electron chi connectivity index (χ4n) is 3.26. The summed E-state index contributed by atoms with van der Waals surface area (Å²) in [4.78, 5) is 14.2. The molecule has 0 N–H and O–H groups in total. The van der Waals surface area contributed by atoms with Crippen molar-refractivity contribution < 1.29 is 9.53 Å². The minimum Gasteiger partial charge on any atom is -0.465 e. The van der Waals surface area contributed by atoms with Gasteiger partial charge in [0.1, 0.15) is 0 Å². The van der Waals surface area contributed by atoms with Gasteiger partial charge in [-0.2, -0.15) is 0 Å². The van der Waals surface area contributed by atoms with E-state index in [1.807, 2.05) is 18.2 Å². The van der Waals surface area contributed by atoms with Gasteiger partial charge in [-0.15, -0.1) is 0 Å². The number of carbonyl (C=O) groups excluding carboxylic acids is 1. The van der Waals surface area contributed by atoms with Crippen molar-refractivity contribution in [3.05, 3.63) is 36.0 Å². The molecule has 4 heteroatoms. The van der Waals surface area contributed by atoms with E-state index in [4.69, 9.17) is 4.74 Å². The van der Waals surface area contributed by atoms with Gasteiger partial charge in [-0.1, -0.05) is 13.0 Å². The van der Waals surface area contributed by atoms with Gasteiger partial charge in [0.15, 0.2) is 0 Å². The molecule has 0 saturated carbocycles. The highest BCUT2D eigenvalue weighted by Gasteiger charge is 2.21. The van der Waals surface area contributed by atoms with Crippen LogP contribution in [0.2, 0.25) is 0 Å². The average Bonchev–Trinajstić information content (AvgIpc) is 2.97. The topological polar surface area (TPSA) is 34.5 Å². The van der Waals surface area contributed by atoms with Crippen LogP contribution in [0.25, 0.3) is 10.9 Å². The van der Waals surface area contributed by atoms with Crippen LogP contribution in [0.4, 0.5) is 0 Å². The molecule has 1 aliphatic rings. The second-order valence-corrected chi connectivity index (χ2v) is 5.68. The van der Waals surface area contributed by atoms with E-state index >= 15 is 0 Å². The standard InChI is InChI=1S/C17H22N2O2/c1-3-18-9-4-5-15(12-18)19-10-8-13-6-7-14(11-16(13)19)17(20)21-2/h6-8,10-11,15H,3-5,9,12H2,1-2H3. The van der Waals surface area contributed by atoms with Crippen molar-refractivity contribution in [1.29, 1.82) is 0 Å². The lowest BCUT2D eigenvalue weighted by Gasteiger charge is -2.33. The average molecular weight is 286 g/mol. The van der Waals surface area contributed by atoms with Crippen molar-refractivity contribution in [2.45, 2.75) is 25.8 Å². The number of hydrogen-bond donors (Lipinski definition) is 0. The second kappa shape index (κ2) is 5.90. The van der Waals surface area contributed by atoms with Gasteiger partial charge in [0.2, 0.25) is 0 Å². The van der Waals surface area contributed by atoms with Crippen molar-refractivity contribution in [2.75, 3.05) is 26.7 Å². The summed E-state index contributed by atoms with van der Waals surface area (Å²) < 4.78 is 7.15. The molecule has 21 heavy (non-hydrogen) atoms. The molecule has 1 atom stereocenters. The monoisotopic (exact) mass is 286 g/mol. The van der Waals surface area contributed by atoms with Crippen LogP contribution in [-0.2, 0) is 4.74 Å². The molecule has 1 aromatic heterocycles. The number of likely N-dealkylation sites (tertiary alicyclic amines) is 1. The lowest BCUT2D eigenvalue weighted by molar-refractivity contribution is 0.0601. The van der Waals surface area contributed by atoms with Crippen LogP contribution in [0.5, 0.6) is 0 Å². The summed E-state index contributed by atoms with van der Waals surface area (Å²) in [6.45, 7) is 5.59. The third kappa shape index (κ3) is 2.68. The predicted octanol–water partition coefficient (Wildman–Crippen LogP) is 3.08. The Hall–Kier alpha value is -1.81. The molecule has 1 unspecified atom stereocenters. The van der Waals surface area contributed by atoms with Gasteiger partial charge in [-0.25, -0.2) is 4.79 Å². The van der Waals surface area contributed by atoms with E-state index in [1.54, 1.807) is 0 Å². The van der Waals surface area contributed by atoms with Gasteiger partial charge in [0.25, 0.3) is 0 Å². The molecule has 0 aliphatic carbocycles. The van der Waals surface area contributed by atoms with E-state index in [2.05, 4.69) is 28.7 Å². The number of piperidine rings is 1. The first-order chi connectivity index (χ1) is 10.2. The third-order valence-electron chi connectivity index (χ3n) is 4.47. The number of carbonyl (C=O) groups is 1. The number of esters is 1. The predicted molar refractivity (Wildman–Crippen MR) is 83.7 cm³/mol. The number of methoxy groups -OCH3 is 1. The largest absolute Gasteiger partial charge is 0.465 e. The number of ether oxygens (including phenoxy) is 1. The van der Waals surface area contributed by atoms with Gasteiger partial charge < -0.3 is 14.2 Å². The van der Waals surface area contributed by atoms with Gasteiger partial charge in [-0.05, 0) is 49.5 Å². The van der Waals surface area contributed by atoms with Crippen LogP contribution in [-0.4, -0.2) is 42.2 Å². The van der Waals surface area contributed by atoms with E-state index in [0.29, 0.717) is 11.6 Å². The minimum atomic E-state index is -0.275. The SMILES string of the molecule is CCN1CCCC(n2ccc3ccc(C(=O)OC)cc32)C1. The number of aromatic nitrogens is 1. The molecule has 2 aromatic rings. The van der Waals surface area contributed by atoms with E-state index in [1.165, 1.54) is 31.9 Å². The van der Waals surface area contributed by atoms with Crippen molar-refractivity contribution in [3.63, 3.8) is 0 Å². The third-order valence-corrected chi connectivity index (χ3v) is 4.47. The maximum Gasteiger partial charge on any atom is 0.337 e. The summed E-state index contributed by atoms with van der Waals surface area (Å²) >= 11 is 0. The maximum atomic E-state index is 11.7. The highest BCUT2D eigenvalue weighted by Crippen LogP contribution is 2.27. The molecule has 0 radical (unpaired) electrons. The normalized spacial score (nSPS) is 19.8. The van der Waals surface area contributed by atoms with Crippen molar-refractivity contribution in [2.24, 2.45) is 0 Å². The first kappa shape index (κ1) is 14.1.